The maximum atomic E-state index is 6.74. The first-order valence-corrected chi connectivity index (χ1v) is 21.4. The molecule has 0 N–H and O–H groups in total. The molecule has 0 amide bonds. The Labute approximate surface area is 361 Å². The lowest BCUT2D eigenvalue weighted by atomic mass is 9.80. The van der Waals surface area contributed by atoms with Gasteiger partial charge in [0.15, 0.2) is 5.58 Å². The van der Waals surface area contributed by atoms with Gasteiger partial charge in [0.1, 0.15) is 23.1 Å². The fourth-order valence-electron chi connectivity index (χ4n) is 10.5. The summed E-state index contributed by atoms with van der Waals surface area (Å²) in [5, 5.41) is 5.79. The second kappa shape index (κ2) is 13.0. The number of hydrogen-bond acceptors (Lipinski definition) is 3. The average molecular weight is 803 g/mol. The van der Waals surface area contributed by atoms with E-state index in [0.29, 0.717) is 5.58 Å². The molecule has 14 rings (SSSR count). The van der Waals surface area contributed by atoms with Crippen LogP contribution in [0.5, 0.6) is 0 Å². The van der Waals surface area contributed by atoms with Gasteiger partial charge in [0.05, 0.1) is 27.8 Å². The normalized spacial score (nSPS) is 12.1. The quantitative estimate of drug-likeness (QED) is 0.179. The van der Waals surface area contributed by atoms with Crippen LogP contribution < -0.4 is 0 Å². The van der Waals surface area contributed by atoms with Crippen molar-refractivity contribution in [3.05, 3.63) is 207 Å². The predicted octanol–water partition coefficient (Wildman–Crippen LogP) is 15.2. The van der Waals surface area contributed by atoms with Crippen LogP contribution in [0.4, 0.5) is 0 Å². The summed E-state index contributed by atoms with van der Waals surface area (Å²) in [6.07, 6.45) is 1.68. The molecule has 0 aliphatic heterocycles. The van der Waals surface area contributed by atoms with E-state index in [1.807, 2.05) is 18.2 Å². The predicted molar refractivity (Wildman–Crippen MR) is 259 cm³/mol. The van der Waals surface area contributed by atoms with Crippen molar-refractivity contribution in [3.8, 4) is 67.1 Å². The largest absolute Gasteiger partial charge is 0.452 e. The first-order valence-electron chi connectivity index (χ1n) is 21.4. The fraction of sp³-hybridized carbons (Fsp3) is 0. The van der Waals surface area contributed by atoms with Crippen LogP contribution in [-0.2, 0) is 0 Å². The van der Waals surface area contributed by atoms with E-state index in [0.717, 1.165) is 66.8 Å². The van der Waals surface area contributed by atoms with E-state index in [4.69, 9.17) is 14.4 Å². The summed E-state index contributed by atoms with van der Waals surface area (Å²) < 4.78 is 11.6. The van der Waals surface area contributed by atoms with Gasteiger partial charge in [0.2, 0.25) is 0 Å². The van der Waals surface area contributed by atoms with Crippen LogP contribution in [0.3, 0.4) is 0 Å². The Balaban J connectivity index is 1.12. The Morgan fingerprint density at radius 1 is 0.333 bits per heavy atom. The van der Waals surface area contributed by atoms with Crippen molar-refractivity contribution >= 4 is 65.7 Å². The molecule has 0 spiro atoms. The summed E-state index contributed by atoms with van der Waals surface area (Å²) in [5.74, 6) is 0. The van der Waals surface area contributed by atoms with E-state index in [2.05, 4.69) is 191 Å². The Morgan fingerprint density at radius 3 is 1.40 bits per heavy atom. The van der Waals surface area contributed by atoms with Gasteiger partial charge in [-0.2, -0.15) is 0 Å². The number of para-hydroxylation sites is 4. The Bertz CT molecular complexity index is 4000. The van der Waals surface area contributed by atoms with Crippen molar-refractivity contribution in [2.75, 3.05) is 0 Å². The first kappa shape index (κ1) is 34.2. The molecule has 4 aromatic heterocycles. The molecule has 0 atom stereocenters. The zero-order valence-corrected chi connectivity index (χ0v) is 33.8. The molecule has 1 aliphatic carbocycles. The molecule has 13 aromatic rings. The lowest BCUT2D eigenvalue weighted by molar-refractivity contribution is 0.667. The molecule has 4 heterocycles. The van der Waals surface area contributed by atoms with Crippen LogP contribution in [0.25, 0.3) is 133 Å². The number of nitrogens with zero attached hydrogens (tertiary/aromatic N) is 4. The van der Waals surface area contributed by atoms with Gasteiger partial charge >= 0.3 is 0 Å². The maximum absolute atomic E-state index is 6.74. The number of fused-ring (bicyclic) bond motifs is 17. The number of benzene rings is 9. The van der Waals surface area contributed by atoms with E-state index in [-0.39, 0.29) is 0 Å². The standard InChI is InChI=1S/C58H34N4O/c1-2-16-37-36(15-1)38-17-3-5-19-40(38)46-32-49(57-58-56(59-34-60-57)45-24-10-14-28-55(45)63-58)54(33-47(46)41-20-6-4-18-39(37)41)62-52-27-13-9-23-44(52)48-31-35(29-30-53(48)62)61-50-25-11-7-21-42(50)43-22-8-12-26-51(43)61/h1-34H. The zero-order chi connectivity index (χ0) is 41.2. The maximum Gasteiger partial charge on any atom is 0.180 e. The zero-order valence-electron chi connectivity index (χ0n) is 33.8. The van der Waals surface area contributed by atoms with Gasteiger partial charge in [-0.05, 0) is 105 Å². The van der Waals surface area contributed by atoms with Crippen molar-refractivity contribution in [1.29, 1.82) is 0 Å². The van der Waals surface area contributed by atoms with Crippen LogP contribution in [0.15, 0.2) is 211 Å². The van der Waals surface area contributed by atoms with Crippen molar-refractivity contribution in [3.63, 3.8) is 0 Å². The molecule has 0 radical (unpaired) electrons. The monoisotopic (exact) mass is 802 g/mol. The van der Waals surface area contributed by atoms with Gasteiger partial charge in [-0.1, -0.05) is 140 Å². The summed E-state index contributed by atoms with van der Waals surface area (Å²) in [4.78, 5) is 9.93. The molecule has 0 unspecified atom stereocenters. The minimum absolute atomic E-state index is 0.666. The van der Waals surface area contributed by atoms with Crippen LogP contribution in [0.1, 0.15) is 0 Å². The van der Waals surface area contributed by atoms with E-state index >= 15 is 0 Å². The minimum Gasteiger partial charge on any atom is -0.452 e. The number of rotatable bonds is 3. The highest BCUT2D eigenvalue weighted by Crippen LogP contribution is 2.51. The summed E-state index contributed by atoms with van der Waals surface area (Å²) in [7, 11) is 0. The molecule has 0 saturated carbocycles. The van der Waals surface area contributed by atoms with Gasteiger partial charge in [-0.3, -0.25) is 0 Å². The lowest BCUT2D eigenvalue weighted by Crippen LogP contribution is -2.03. The number of hydrogen-bond donors (Lipinski definition) is 0. The molecule has 0 bridgehead atoms. The smallest absolute Gasteiger partial charge is 0.180 e. The lowest BCUT2D eigenvalue weighted by Gasteiger charge is -2.25. The molecule has 5 heteroatoms. The van der Waals surface area contributed by atoms with Crippen LogP contribution in [0, 0.1) is 0 Å². The highest BCUT2D eigenvalue weighted by atomic mass is 16.3. The summed E-state index contributed by atoms with van der Waals surface area (Å²) >= 11 is 0. The van der Waals surface area contributed by atoms with Crippen molar-refractivity contribution in [2.24, 2.45) is 0 Å². The molecule has 9 aromatic carbocycles. The Kier molecular flexibility index (Phi) is 7.05. The Hall–Kier alpha value is -8.54. The molecule has 63 heavy (non-hydrogen) atoms. The van der Waals surface area contributed by atoms with Crippen molar-refractivity contribution in [2.45, 2.75) is 0 Å². The van der Waals surface area contributed by atoms with Gasteiger partial charge in [-0.25, -0.2) is 9.97 Å². The molecule has 5 nitrogen and oxygen atoms in total. The molecular formula is C58H34N4O. The molecule has 292 valence electrons. The first-order chi connectivity index (χ1) is 31.3. The van der Waals surface area contributed by atoms with Crippen LogP contribution in [-0.4, -0.2) is 19.1 Å². The van der Waals surface area contributed by atoms with Crippen molar-refractivity contribution in [1.82, 2.24) is 19.1 Å². The van der Waals surface area contributed by atoms with Gasteiger partial charge in [0.25, 0.3) is 0 Å². The topological polar surface area (TPSA) is 48.8 Å². The second-order valence-electron chi connectivity index (χ2n) is 16.5. The van der Waals surface area contributed by atoms with Gasteiger partial charge < -0.3 is 13.6 Å². The van der Waals surface area contributed by atoms with Crippen molar-refractivity contribution < 1.29 is 4.42 Å². The van der Waals surface area contributed by atoms with E-state index in [1.54, 1.807) is 6.33 Å². The molecule has 0 saturated heterocycles. The highest BCUT2D eigenvalue weighted by molar-refractivity contribution is 6.14. The third-order valence-electron chi connectivity index (χ3n) is 13.2. The van der Waals surface area contributed by atoms with Gasteiger partial charge in [-0.15, -0.1) is 0 Å². The molecule has 0 fully saturated rings. The molecular weight excluding hydrogens is 769 g/mol. The van der Waals surface area contributed by atoms with E-state index < -0.39 is 0 Å². The highest BCUT2D eigenvalue weighted by Gasteiger charge is 2.27. The SMILES string of the molecule is c1ccc2c(c1)-c1ccccc1-c1cc(-c3ncnc4c3oc3ccccc34)c(-n3c4ccccc4c4cc(-n5c6ccccc6c6ccccc65)ccc43)cc1-c1ccccc1-2. The summed E-state index contributed by atoms with van der Waals surface area (Å²) in [5.41, 5.74) is 20.1. The fourth-order valence-corrected chi connectivity index (χ4v) is 10.5. The summed E-state index contributed by atoms with van der Waals surface area (Å²) in [6.45, 7) is 0. The Morgan fingerprint density at radius 2 is 0.794 bits per heavy atom. The van der Waals surface area contributed by atoms with Crippen LogP contribution in [0.2, 0.25) is 0 Å². The van der Waals surface area contributed by atoms with Gasteiger partial charge in [0, 0.05) is 38.2 Å². The summed E-state index contributed by atoms with van der Waals surface area (Å²) in [6, 6.07) is 72.5. The minimum atomic E-state index is 0.666. The van der Waals surface area contributed by atoms with E-state index in [1.165, 1.54) is 60.4 Å². The second-order valence-corrected chi connectivity index (χ2v) is 16.5. The van der Waals surface area contributed by atoms with E-state index in [9.17, 15) is 0 Å². The number of furan rings is 1. The third-order valence-corrected chi connectivity index (χ3v) is 13.2. The average Bonchev–Trinajstić information content (AvgIpc) is 4.01. The number of aromatic nitrogens is 4. The third kappa shape index (κ3) is 4.82. The molecule has 1 aliphatic rings. The van der Waals surface area contributed by atoms with Crippen LogP contribution >= 0.6 is 0 Å².